The van der Waals surface area contributed by atoms with Crippen molar-refractivity contribution in [2.75, 3.05) is 46.2 Å². The van der Waals surface area contributed by atoms with Gasteiger partial charge in [0.2, 0.25) is 0 Å². The van der Waals surface area contributed by atoms with E-state index in [1.54, 1.807) is 18.2 Å². The summed E-state index contributed by atoms with van der Waals surface area (Å²) in [5.41, 5.74) is 4.99. The third kappa shape index (κ3) is 5.36. The molecule has 0 amide bonds. The van der Waals surface area contributed by atoms with Gasteiger partial charge in [-0.3, -0.25) is 0 Å². The standard InChI is InChI=1S/C28H30N4O3/c1-31(2)16-17-32(3)22-13-11-21(12-14-22)29-26(19-8-6-5-7-9-19)25-23-15-10-20(28(34)35-4)18-24(23)30-27(25)33/h5-15,18,30,33H,16-17H2,1-4H3. The summed E-state index contributed by atoms with van der Waals surface area (Å²) >= 11 is 0. The molecule has 0 aliphatic rings. The van der Waals surface area contributed by atoms with Crippen LogP contribution in [0.2, 0.25) is 0 Å². The Hall–Kier alpha value is -4.10. The molecule has 0 bridgehead atoms. The van der Waals surface area contributed by atoms with E-state index in [2.05, 4.69) is 48.1 Å². The Labute approximate surface area is 205 Å². The fourth-order valence-electron chi connectivity index (χ4n) is 3.92. The van der Waals surface area contributed by atoms with E-state index < -0.39 is 5.97 Å². The van der Waals surface area contributed by atoms with Crippen LogP contribution in [0.15, 0.2) is 77.8 Å². The highest BCUT2D eigenvalue weighted by atomic mass is 16.5. The zero-order valence-electron chi connectivity index (χ0n) is 20.4. The summed E-state index contributed by atoms with van der Waals surface area (Å²) < 4.78 is 4.83. The number of nitrogens with one attached hydrogen (secondary N) is 1. The molecule has 180 valence electrons. The van der Waals surface area contributed by atoms with Gasteiger partial charge in [0.05, 0.1) is 29.6 Å². The number of carbonyl (C=O) groups excluding carboxylic acids is 1. The molecule has 1 heterocycles. The number of aromatic amines is 1. The highest BCUT2D eigenvalue weighted by molar-refractivity contribution is 6.22. The molecule has 7 nitrogen and oxygen atoms in total. The number of nitrogens with zero attached hydrogens (tertiary/aromatic N) is 3. The maximum absolute atomic E-state index is 12.0. The van der Waals surface area contributed by atoms with Crippen LogP contribution in [-0.2, 0) is 4.74 Å². The van der Waals surface area contributed by atoms with Gasteiger partial charge in [0.25, 0.3) is 0 Å². The van der Waals surface area contributed by atoms with Gasteiger partial charge >= 0.3 is 5.97 Å². The molecule has 0 aliphatic heterocycles. The number of carbonyl (C=O) groups is 1. The first-order valence-electron chi connectivity index (χ1n) is 11.4. The van der Waals surface area contributed by atoms with Crippen LogP contribution in [0.25, 0.3) is 10.9 Å². The molecule has 7 heteroatoms. The molecule has 0 unspecified atom stereocenters. The Morgan fingerprint density at radius 2 is 1.66 bits per heavy atom. The Kier molecular flexibility index (Phi) is 7.17. The zero-order chi connectivity index (χ0) is 24.9. The van der Waals surface area contributed by atoms with Gasteiger partial charge in [0.15, 0.2) is 5.88 Å². The number of hydrogen-bond donors (Lipinski definition) is 2. The van der Waals surface area contributed by atoms with Crippen LogP contribution in [0.1, 0.15) is 21.5 Å². The lowest BCUT2D eigenvalue weighted by Crippen LogP contribution is -2.28. The summed E-state index contributed by atoms with van der Waals surface area (Å²) in [5.74, 6) is -0.445. The number of ether oxygens (including phenoxy) is 1. The van der Waals surface area contributed by atoms with Crippen LogP contribution in [0.5, 0.6) is 5.88 Å². The molecule has 0 aliphatic carbocycles. The fourth-order valence-corrected chi connectivity index (χ4v) is 3.92. The van der Waals surface area contributed by atoms with Crippen molar-refractivity contribution in [1.82, 2.24) is 9.88 Å². The zero-order valence-corrected chi connectivity index (χ0v) is 20.4. The molecule has 0 radical (unpaired) electrons. The van der Waals surface area contributed by atoms with Gasteiger partial charge in [-0.05, 0) is 50.5 Å². The molecule has 0 fully saturated rings. The minimum Gasteiger partial charge on any atom is -0.494 e. The predicted molar refractivity (Wildman–Crippen MR) is 141 cm³/mol. The second-order valence-electron chi connectivity index (χ2n) is 8.67. The molecule has 1 aromatic heterocycles. The number of rotatable bonds is 8. The van der Waals surface area contributed by atoms with Gasteiger partial charge in [0, 0.05) is 42.3 Å². The summed E-state index contributed by atoms with van der Waals surface area (Å²) in [6.45, 7) is 1.88. The van der Waals surface area contributed by atoms with E-state index in [1.807, 2.05) is 42.5 Å². The van der Waals surface area contributed by atoms with Crippen LogP contribution in [-0.4, -0.2) is 68.0 Å². The van der Waals surface area contributed by atoms with Gasteiger partial charge in [-0.25, -0.2) is 9.79 Å². The van der Waals surface area contributed by atoms with Crippen molar-refractivity contribution < 1.29 is 14.6 Å². The molecular formula is C28H30N4O3. The number of aromatic nitrogens is 1. The van der Waals surface area contributed by atoms with E-state index in [4.69, 9.17) is 9.73 Å². The normalized spacial score (nSPS) is 11.7. The molecule has 4 aromatic rings. The third-order valence-corrected chi connectivity index (χ3v) is 5.90. The summed E-state index contributed by atoms with van der Waals surface area (Å²) in [5, 5.41) is 11.7. The van der Waals surface area contributed by atoms with Crippen LogP contribution < -0.4 is 4.90 Å². The first-order chi connectivity index (χ1) is 16.9. The van der Waals surface area contributed by atoms with Crippen LogP contribution in [0.3, 0.4) is 0 Å². The van der Waals surface area contributed by atoms with Gasteiger partial charge in [0.1, 0.15) is 0 Å². The quantitative estimate of drug-likeness (QED) is 0.285. The molecule has 0 saturated carbocycles. The molecule has 0 atom stereocenters. The molecule has 35 heavy (non-hydrogen) atoms. The predicted octanol–water partition coefficient (Wildman–Crippen LogP) is 4.83. The Bertz CT molecular complexity index is 1340. The maximum Gasteiger partial charge on any atom is 0.337 e. The van der Waals surface area contributed by atoms with Crippen LogP contribution >= 0.6 is 0 Å². The van der Waals surface area contributed by atoms with Crippen LogP contribution in [0, 0.1) is 0 Å². The summed E-state index contributed by atoms with van der Waals surface area (Å²) in [6, 6.07) is 23.0. The average Bonchev–Trinajstić information content (AvgIpc) is 3.20. The van der Waals surface area contributed by atoms with Crippen molar-refractivity contribution in [2.45, 2.75) is 0 Å². The molecular weight excluding hydrogens is 440 g/mol. The molecule has 3 aromatic carbocycles. The molecule has 0 saturated heterocycles. The Morgan fingerprint density at radius 1 is 0.943 bits per heavy atom. The fraction of sp³-hybridized carbons (Fsp3) is 0.214. The summed E-state index contributed by atoms with van der Waals surface area (Å²) in [6.07, 6.45) is 0. The molecule has 4 rings (SSSR count). The summed E-state index contributed by atoms with van der Waals surface area (Å²) in [7, 11) is 7.54. The number of benzene rings is 3. The first kappa shape index (κ1) is 24.0. The lowest BCUT2D eigenvalue weighted by molar-refractivity contribution is 0.0601. The van der Waals surface area contributed by atoms with E-state index in [1.165, 1.54) is 7.11 Å². The largest absolute Gasteiger partial charge is 0.494 e. The monoisotopic (exact) mass is 470 g/mol. The topological polar surface area (TPSA) is 81.2 Å². The number of methoxy groups -OCH3 is 1. The van der Waals surface area contributed by atoms with Gasteiger partial charge in [-0.2, -0.15) is 0 Å². The second-order valence-corrected chi connectivity index (χ2v) is 8.67. The number of likely N-dealkylation sites (N-methyl/N-ethyl adjacent to an activating group) is 2. The number of esters is 1. The Balaban J connectivity index is 1.76. The van der Waals surface area contributed by atoms with Crippen LogP contribution in [0.4, 0.5) is 11.4 Å². The van der Waals surface area contributed by atoms with Crippen molar-refractivity contribution in [2.24, 2.45) is 4.99 Å². The van der Waals surface area contributed by atoms with E-state index in [9.17, 15) is 9.90 Å². The van der Waals surface area contributed by atoms with Gasteiger partial charge in [-0.15, -0.1) is 0 Å². The minimum atomic E-state index is -0.435. The van der Waals surface area contributed by atoms with Crippen molar-refractivity contribution >= 4 is 34.0 Å². The molecule has 2 N–H and O–H groups in total. The number of anilines is 1. The summed E-state index contributed by atoms with van der Waals surface area (Å²) in [4.78, 5) is 24.3. The highest BCUT2D eigenvalue weighted by Crippen LogP contribution is 2.32. The number of aromatic hydroxyl groups is 1. The Morgan fingerprint density at radius 3 is 2.31 bits per heavy atom. The maximum atomic E-state index is 12.0. The lowest BCUT2D eigenvalue weighted by atomic mass is 10.00. The van der Waals surface area contributed by atoms with Crippen molar-refractivity contribution in [3.05, 3.63) is 89.5 Å². The molecule has 0 spiro atoms. The highest BCUT2D eigenvalue weighted by Gasteiger charge is 2.20. The van der Waals surface area contributed by atoms with E-state index in [0.717, 1.165) is 35.4 Å². The van der Waals surface area contributed by atoms with Gasteiger partial charge < -0.3 is 24.6 Å². The van der Waals surface area contributed by atoms with Crippen molar-refractivity contribution in [3.8, 4) is 5.88 Å². The van der Waals surface area contributed by atoms with E-state index in [0.29, 0.717) is 22.4 Å². The number of hydrogen-bond acceptors (Lipinski definition) is 6. The van der Waals surface area contributed by atoms with Crippen molar-refractivity contribution in [1.29, 1.82) is 0 Å². The van der Waals surface area contributed by atoms with E-state index >= 15 is 0 Å². The number of aliphatic imine (C=N–C) groups is 1. The van der Waals surface area contributed by atoms with Gasteiger partial charge in [-0.1, -0.05) is 36.4 Å². The first-order valence-corrected chi connectivity index (χ1v) is 11.4. The lowest BCUT2D eigenvalue weighted by Gasteiger charge is -2.21. The number of H-pyrrole nitrogens is 1. The average molecular weight is 471 g/mol. The SMILES string of the molecule is COC(=O)c1ccc2c(C(=Nc3ccc(N(C)CCN(C)C)cc3)c3ccccc3)c(O)[nH]c2c1. The van der Waals surface area contributed by atoms with E-state index in [-0.39, 0.29) is 5.88 Å². The minimum absolute atomic E-state index is 0.00958. The second kappa shape index (κ2) is 10.4. The smallest absolute Gasteiger partial charge is 0.337 e. The van der Waals surface area contributed by atoms with Crippen molar-refractivity contribution in [3.63, 3.8) is 0 Å². The number of fused-ring (bicyclic) bond motifs is 1. The third-order valence-electron chi connectivity index (χ3n) is 5.90.